The molecular formula is C15H21F3N4O3. The van der Waals surface area contributed by atoms with Crippen LogP contribution in [0.15, 0.2) is 6.20 Å². The molecule has 2 heterocycles. The summed E-state index contributed by atoms with van der Waals surface area (Å²) < 4.78 is 49.8. The first-order chi connectivity index (χ1) is 11.9. The molecule has 2 aliphatic rings. The van der Waals surface area contributed by atoms with Crippen molar-refractivity contribution < 1.29 is 27.4 Å². The van der Waals surface area contributed by atoms with Crippen molar-refractivity contribution in [3.05, 3.63) is 11.9 Å². The van der Waals surface area contributed by atoms with E-state index in [-0.39, 0.29) is 43.1 Å². The third-order valence-electron chi connectivity index (χ3n) is 4.71. The average Bonchev–Trinajstić information content (AvgIpc) is 3.12. The van der Waals surface area contributed by atoms with Gasteiger partial charge in [0.1, 0.15) is 12.1 Å². The van der Waals surface area contributed by atoms with Crippen molar-refractivity contribution in [3.63, 3.8) is 0 Å². The molecule has 0 radical (unpaired) electrons. The molecule has 1 amide bonds. The van der Waals surface area contributed by atoms with Crippen LogP contribution < -0.4 is 5.32 Å². The predicted octanol–water partition coefficient (Wildman–Crippen LogP) is 1.57. The Kier molecular flexibility index (Phi) is 5.28. The lowest BCUT2D eigenvalue weighted by Gasteiger charge is -2.36. The first-order valence-electron chi connectivity index (χ1n) is 8.34. The Morgan fingerprint density at radius 3 is 2.88 bits per heavy atom. The van der Waals surface area contributed by atoms with Crippen LogP contribution in [0.3, 0.4) is 0 Å². The Bertz CT molecular complexity index is 601. The molecule has 2 fully saturated rings. The summed E-state index contributed by atoms with van der Waals surface area (Å²) in [5.74, 6) is -1.82. The summed E-state index contributed by atoms with van der Waals surface area (Å²) in [5, 5.41) is 10.4. The second-order valence-electron chi connectivity index (χ2n) is 6.47. The minimum absolute atomic E-state index is 0.0614. The Balaban J connectivity index is 1.48. The number of halogens is 3. The Labute approximate surface area is 142 Å². The minimum atomic E-state index is -4.14. The maximum absolute atomic E-state index is 12.4. The highest BCUT2D eigenvalue weighted by Gasteiger charge is 2.47. The van der Waals surface area contributed by atoms with Crippen LogP contribution in [-0.4, -0.2) is 59.5 Å². The minimum Gasteiger partial charge on any atom is -0.376 e. The quantitative estimate of drug-likeness (QED) is 0.831. The third-order valence-corrected chi connectivity index (χ3v) is 4.71. The number of hydrogen-bond donors (Lipinski definition) is 1. The van der Waals surface area contributed by atoms with Crippen LogP contribution in [0.1, 0.15) is 36.3 Å². The van der Waals surface area contributed by atoms with Crippen LogP contribution in [0.5, 0.6) is 0 Å². The van der Waals surface area contributed by atoms with E-state index in [2.05, 4.69) is 15.6 Å². The predicted molar refractivity (Wildman–Crippen MR) is 79.9 cm³/mol. The van der Waals surface area contributed by atoms with Gasteiger partial charge in [0.15, 0.2) is 5.69 Å². The zero-order chi connectivity index (χ0) is 18.0. The topological polar surface area (TPSA) is 78.3 Å². The van der Waals surface area contributed by atoms with Crippen molar-refractivity contribution in [1.82, 2.24) is 20.3 Å². The van der Waals surface area contributed by atoms with E-state index in [0.717, 1.165) is 0 Å². The van der Waals surface area contributed by atoms with Gasteiger partial charge >= 0.3 is 6.18 Å². The molecule has 1 aromatic heterocycles. The smallest absolute Gasteiger partial charge is 0.376 e. The Morgan fingerprint density at radius 2 is 2.20 bits per heavy atom. The number of ether oxygens (including phenoxy) is 2. The molecule has 2 atom stereocenters. The number of aromatic nitrogens is 3. The summed E-state index contributed by atoms with van der Waals surface area (Å²) >= 11 is 0. The van der Waals surface area contributed by atoms with Crippen molar-refractivity contribution in [2.75, 3.05) is 26.4 Å². The number of carbonyl (C=O) groups excluding carboxylic acids is 1. The molecule has 10 heteroatoms. The molecule has 25 heavy (non-hydrogen) atoms. The molecule has 140 valence electrons. The van der Waals surface area contributed by atoms with Crippen LogP contribution in [0.4, 0.5) is 13.2 Å². The van der Waals surface area contributed by atoms with Gasteiger partial charge in [-0.3, -0.25) is 4.79 Å². The third kappa shape index (κ3) is 4.12. The molecule has 1 aliphatic carbocycles. The number of nitrogens with zero attached hydrogens (tertiary/aromatic N) is 3. The molecule has 1 N–H and O–H groups in total. The number of hydrogen-bond acceptors (Lipinski definition) is 5. The van der Waals surface area contributed by atoms with E-state index in [1.165, 1.54) is 6.20 Å². The van der Waals surface area contributed by atoms with Gasteiger partial charge in [0, 0.05) is 13.2 Å². The fourth-order valence-electron chi connectivity index (χ4n) is 3.18. The van der Waals surface area contributed by atoms with Gasteiger partial charge in [-0.05, 0) is 25.7 Å². The lowest BCUT2D eigenvalue weighted by atomic mass is 9.74. The summed E-state index contributed by atoms with van der Waals surface area (Å²) in [6, 6.07) is -0.145. The number of carbonyl (C=O) groups is 1. The van der Waals surface area contributed by atoms with E-state index in [1.54, 1.807) is 4.68 Å². The fourth-order valence-corrected chi connectivity index (χ4v) is 3.18. The molecule has 3 rings (SSSR count). The molecule has 1 saturated carbocycles. The van der Waals surface area contributed by atoms with Crippen LogP contribution >= 0.6 is 0 Å². The zero-order valence-corrected chi connectivity index (χ0v) is 13.8. The average molecular weight is 362 g/mol. The van der Waals surface area contributed by atoms with Crippen LogP contribution in [0.2, 0.25) is 0 Å². The number of amides is 1. The molecule has 0 unspecified atom stereocenters. The number of alkyl halides is 3. The van der Waals surface area contributed by atoms with Crippen molar-refractivity contribution >= 4 is 5.91 Å². The summed E-state index contributed by atoms with van der Waals surface area (Å²) in [6.45, 7) is 3.54. The van der Waals surface area contributed by atoms with Gasteiger partial charge in [0.25, 0.3) is 5.91 Å². The van der Waals surface area contributed by atoms with Gasteiger partial charge in [-0.2, -0.15) is 13.2 Å². The van der Waals surface area contributed by atoms with E-state index in [0.29, 0.717) is 19.8 Å². The van der Waals surface area contributed by atoms with Gasteiger partial charge in [0.05, 0.1) is 25.3 Å². The second kappa shape index (κ2) is 7.28. The first kappa shape index (κ1) is 18.1. The van der Waals surface area contributed by atoms with Crippen LogP contribution in [0.25, 0.3) is 0 Å². The highest BCUT2D eigenvalue weighted by Crippen LogP contribution is 2.44. The standard InChI is InChI=1S/C15H21F3N4O3/c1-2-25-13-8-24-7-12(13)22-6-11(20-21-22)14(23)19-5-9-3-10(4-9)15(16,17)18/h6,9-10,12-13H,2-5,7-8H2,1H3,(H,19,23)/t9?,10?,12-,13-/m1/s1. The molecule has 0 aromatic carbocycles. The Hall–Kier alpha value is -1.68. The lowest BCUT2D eigenvalue weighted by molar-refractivity contribution is -0.203. The van der Waals surface area contributed by atoms with Gasteiger partial charge in [0.2, 0.25) is 0 Å². The largest absolute Gasteiger partial charge is 0.391 e. The maximum Gasteiger partial charge on any atom is 0.391 e. The summed E-state index contributed by atoms with van der Waals surface area (Å²) in [5.41, 5.74) is 0.133. The lowest BCUT2D eigenvalue weighted by Crippen LogP contribution is -2.41. The number of rotatable bonds is 6. The second-order valence-corrected chi connectivity index (χ2v) is 6.47. The molecule has 1 saturated heterocycles. The van der Waals surface area contributed by atoms with E-state index in [9.17, 15) is 18.0 Å². The normalized spacial score (nSPS) is 29.4. The summed E-state index contributed by atoms with van der Waals surface area (Å²) in [6.07, 6.45) is -2.64. The Morgan fingerprint density at radius 1 is 1.44 bits per heavy atom. The van der Waals surface area contributed by atoms with E-state index >= 15 is 0 Å². The summed E-state index contributed by atoms with van der Waals surface area (Å²) in [4.78, 5) is 12.1. The number of nitrogens with one attached hydrogen (secondary N) is 1. The van der Waals surface area contributed by atoms with Crippen LogP contribution in [0, 0.1) is 11.8 Å². The molecule has 1 aliphatic heterocycles. The van der Waals surface area contributed by atoms with Crippen molar-refractivity contribution in [2.45, 2.75) is 38.1 Å². The molecular weight excluding hydrogens is 341 g/mol. The molecule has 0 bridgehead atoms. The van der Waals surface area contributed by atoms with Crippen LogP contribution in [-0.2, 0) is 9.47 Å². The zero-order valence-electron chi connectivity index (χ0n) is 13.8. The van der Waals surface area contributed by atoms with Crippen molar-refractivity contribution in [3.8, 4) is 0 Å². The highest BCUT2D eigenvalue weighted by atomic mass is 19.4. The van der Waals surface area contributed by atoms with Crippen molar-refractivity contribution in [2.24, 2.45) is 11.8 Å². The first-order valence-corrected chi connectivity index (χ1v) is 8.34. The molecule has 0 spiro atoms. The van der Waals surface area contributed by atoms with Crippen molar-refractivity contribution in [1.29, 1.82) is 0 Å². The monoisotopic (exact) mass is 362 g/mol. The van der Waals surface area contributed by atoms with Gasteiger partial charge in [-0.1, -0.05) is 5.21 Å². The van der Waals surface area contributed by atoms with Gasteiger partial charge in [-0.25, -0.2) is 4.68 Å². The van der Waals surface area contributed by atoms with Gasteiger partial charge < -0.3 is 14.8 Å². The molecule has 7 nitrogen and oxygen atoms in total. The van der Waals surface area contributed by atoms with E-state index in [4.69, 9.17) is 9.47 Å². The SMILES string of the molecule is CCO[C@@H]1COC[C@H]1n1cc(C(=O)NCC2CC(C(F)(F)F)C2)nn1. The van der Waals surface area contributed by atoms with E-state index in [1.807, 2.05) is 6.92 Å². The maximum atomic E-state index is 12.4. The van der Waals surface area contributed by atoms with E-state index < -0.39 is 18.0 Å². The highest BCUT2D eigenvalue weighted by molar-refractivity contribution is 5.91. The van der Waals surface area contributed by atoms with Gasteiger partial charge in [-0.15, -0.1) is 5.10 Å². The summed E-state index contributed by atoms with van der Waals surface area (Å²) in [7, 11) is 0. The fraction of sp³-hybridized carbons (Fsp3) is 0.800. The molecule has 1 aromatic rings.